The summed E-state index contributed by atoms with van der Waals surface area (Å²) in [6.07, 6.45) is -3.50. The molecular formula is C20H24F3N3O5. The van der Waals surface area contributed by atoms with Gasteiger partial charge in [0.15, 0.2) is 6.61 Å². The first-order chi connectivity index (χ1) is 14.7. The molecule has 0 spiro atoms. The number of aromatic nitrogens is 2. The zero-order valence-corrected chi connectivity index (χ0v) is 17.1. The van der Waals surface area contributed by atoms with Crippen LogP contribution in [0.1, 0.15) is 44.2 Å². The molecule has 0 unspecified atom stereocenters. The Labute approximate surface area is 177 Å². The lowest BCUT2D eigenvalue weighted by atomic mass is 10.1. The highest BCUT2D eigenvalue weighted by Gasteiger charge is 2.30. The van der Waals surface area contributed by atoms with Gasteiger partial charge in [-0.1, -0.05) is 18.9 Å². The molecule has 1 fully saturated rings. The van der Waals surface area contributed by atoms with E-state index in [-0.39, 0.29) is 37.2 Å². The van der Waals surface area contributed by atoms with Crippen LogP contribution < -0.4 is 14.8 Å². The molecule has 170 valence electrons. The van der Waals surface area contributed by atoms with E-state index in [1.54, 1.807) is 0 Å². The van der Waals surface area contributed by atoms with Gasteiger partial charge in [0.25, 0.3) is 5.91 Å². The Balaban J connectivity index is 1.39. The van der Waals surface area contributed by atoms with Crippen molar-refractivity contribution in [3.8, 4) is 11.8 Å². The van der Waals surface area contributed by atoms with Gasteiger partial charge in [-0.25, -0.2) is 0 Å². The van der Waals surface area contributed by atoms with Crippen molar-refractivity contribution in [2.24, 2.45) is 5.92 Å². The summed E-state index contributed by atoms with van der Waals surface area (Å²) >= 11 is 0. The summed E-state index contributed by atoms with van der Waals surface area (Å²) in [6, 6.07) is 3.93. The van der Waals surface area contributed by atoms with Crippen LogP contribution in [0.5, 0.6) is 11.8 Å². The van der Waals surface area contributed by atoms with Crippen molar-refractivity contribution in [3.05, 3.63) is 35.7 Å². The lowest BCUT2D eigenvalue weighted by Crippen LogP contribution is -2.43. The summed E-state index contributed by atoms with van der Waals surface area (Å²) in [6.45, 7) is 4.41. The Bertz CT molecular complexity index is 846. The van der Waals surface area contributed by atoms with Gasteiger partial charge in [0.2, 0.25) is 5.89 Å². The van der Waals surface area contributed by atoms with Gasteiger partial charge in [-0.3, -0.25) is 4.79 Å². The Morgan fingerprint density at radius 3 is 2.55 bits per heavy atom. The van der Waals surface area contributed by atoms with Gasteiger partial charge in [0, 0.05) is 0 Å². The molecule has 2 heterocycles. The Morgan fingerprint density at radius 2 is 1.94 bits per heavy atom. The molecular weight excluding hydrogens is 419 g/mol. The fourth-order valence-electron chi connectivity index (χ4n) is 2.87. The number of hydrogen-bond acceptors (Lipinski definition) is 7. The maximum atomic E-state index is 12.6. The lowest BCUT2D eigenvalue weighted by Gasteiger charge is -2.27. The largest absolute Gasteiger partial charge is 0.484 e. The van der Waals surface area contributed by atoms with Gasteiger partial charge >= 0.3 is 12.3 Å². The van der Waals surface area contributed by atoms with Crippen LogP contribution in [0.15, 0.2) is 28.7 Å². The quantitative estimate of drug-likeness (QED) is 0.667. The molecule has 8 nitrogen and oxygen atoms in total. The SMILES string of the molecule is CC(C)COc1nnc([C@H]2CC[C@H](NC(=O)COc3ccc(C(F)(F)F)cc3)CO2)o1. The highest BCUT2D eigenvalue weighted by atomic mass is 19.4. The second-order valence-electron chi connectivity index (χ2n) is 7.59. The third-order valence-corrected chi connectivity index (χ3v) is 4.43. The van der Waals surface area contributed by atoms with E-state index in [1.165, 1.54) is 12.1 Å². The van der Waals surface area contributed by atoms with Crippen LogP contribution in [-0.2, 0) is 15.7 Å². The van der Waals surface area contributed by atoms with Crippen LogP contribution in [0.4, 0.5) is 13.2 Å². The van der Waals surface area contributed by atoms with E-state index in [2.05, 4.69) is 15.5 Å². The first-order valence-electron chi connectivity index (χ1n) is 9.88. The first kappa shape index (κ1) is 22.9. The zero-order chi connectivity index (χ0) is 22.4. The number of carbonyl (C=O) groups is 1. The summed E-state index contributed by atoms with van der Waals surface area (Å²) in [5.41, 5.74) is -0.780. The average Bonchev–Trinajstić information content (AvgIpc) is 3.20. The molecule has 1 aromatic carbocycles. The number of benzene rings is 1. The van der Waals surface area contributed by atoms with Crippen molar-refractivity contribution < 1.29 is 36.6 Å². The van der Waals surface area contributed by atoms with Crippen molar-refractivity contribution in [2.75, 3.05) is 19.8 Å². The van der Waals surface area contributed by atoms with Gasteiger partial charge in [-0.2, -0.15) is 13.2 Å². The molecule has 0 saturated carbocycles. The van der Waals surface area contributed by atoms with Crippen molar-refractivity contribution in [1.29, 1.82) is 0 Å². The van der Waals surface area contributed by atoms with Gasteiger partial charge in [0.05, 0.1) is 24.8 Å². The predicted molar refractivity (Wildman–Crippen MR) is 101 cm³/mol. The van der Waals surface area contributed by atoms with Crippen LogP contribution in [0.25, 0.3) is 0 Å². The number of ether oxygens (including phenoxy) is 3. The minimum atomic E-state index is -4.42. The van der Waals surface area contributed by atoms with Crippen LogP contribution in [-0.4, -0.2) is 42.0 Å². The number of carbonyl (C=O) groups excluding carboxylic acids is 1. The molecule has 1 aliphatic heterocycles. The molecule has 1 amide bonds. The Morgan fingerprint density at radius 1 is 1.19 bits per heavy atom. The molecule has 11 heteroatoms. The minimum absolute atomic E-state index is 0.100. The fraction of sp³-hybridized carbons (Fsp3) is 0.550. The zero-order valence-electron chi connectivity index (χ0n) is 17.1. The summed E-state index contributed by atoms with van der Waals surface area (Å²) in [7, 11) is 0. The summed E-state index contributed by atoms with van der Waals surface area (Å²) in [4.78, 5) is 12.1. The number of hydrogen-bond donors (Lipinski definition) is 1. The predicted octanol–water partition coefficient (Wildman–Crippen LogP) is 3.54. The van der Waals surface area contributed by atoms with Crippen LogP contribution >= 0.6 is 0 Å². The molecule has 0 radical (unpaired) electrons. The smallest absolute Gasteiger partial charge is 0.416 e. The maximum absolute atomic E-state index is 12.6. The fourth-order valence-corrected chi connectivity index (χ4v) is 2.87. The Hall–Kier alpha value is -2.82. The van der Waals surface area contributed by atoms with Gasteiger partial charge in [0.1, 0.15) is 11.9 Å². The summed E-state index contributed by atoms with van der Waals surface area (Å²) < 4.78 is 59.5. The third-order valence-electron chi connectivity index (χ3n) is 4.43. The monoisotopic (exact) mass is 443 g/mol. The third kappa shape index (κ3) is 6.84. The molecule has 1 saturated heterocycles. The number of halogens is 3. The van der Waals surface area contributed by atoms with Crippen LogP contribution in [0.3, 0.4) is 0 Å². The number of alkyl halides is 3. The number of amides is 1. The normalized spacial score (nSPS) is 19.3. The van der Waals surface area contributed by atoms with Crippen molar-refractivity contribution >= 4 is 5.91 Å². The van der Waals surface area contributed by atoms with Crippen LogP contribution in [0.2, 0.25) is 0 Å². The topological polar surface area (TPSA) is 95.7 Å². The van der Waals surface area contributed by atoms with Gasteiger partial charge < -0.3 is 23.9 Å². The lowest BCUT2D eigenvalue weighted by molar-refractivity contribution is -0.137. The number of nitrogens with zero attached hydrogens (tertiary/aromatic N) is 2. The maximum Gasteiger partial charge on any atom is 0.416 e. The standard InChI is InChI=1S/C20H24F3N3O5/c1-12(2)9-30-19-26-25-18(31-19)16-8-5-14(10-29-16)24-17(27)11-28-15-6-3-13(4-7-15)20(21,22)23/h3-4,6-7,12,14,16H,5,8-11H2,1-2H3,(H,24,27)/t14-,16+/m0/s1. The average molecular weight is 443 g/mol. The highest BCUT2D eigenvalue weighted by molar-refractivity contribution is 5.77. The second-order valence-corrected chi connectivity index (χ2v) is 7.59. The molecule has 2 atom stereocenters. The van der Waals surface area contributed by atoms with Gasteiger partial charge in [-0.15, -0.1) is 5.10 Å². The molecule has 3 rings (SSSR count). The molecule has 1 N–H and O–H groups in total. The van der Waals surface area contributed by atoms with E-state index in [1.807, 2.05) is 13.8 Å². The van der Waals surface area contributed by atoms with E-state index in [9.17, 15) is 18.0 Å². The van der Waals surface area contributed by atoms with E-state index < -0.39 is 17.6 Å². The molecule has 1 aliphatic rings. The Kier molecular flexibility index (Phi) is 7.37. The molecule has 2 aromatic rings. The molecule has 31 heavy (non-hydrogen) atoms. The summed E-state index contributed by atoms with van der Waals surface area (Å²) in [5, 5.41) is 10.6. The minimum Gasteiger partial charge on any atom is -0.484 e. The number of nitrogens with one attached hydrogen (secondary N) is 1. The molecule has 1 aromatic heterocycles. The van der Waals surface area contributed by atoms with E-state index >= 15 is 0 Å². The summed E-state index contributed by atoms with van der Waals surface area (Å²) in [5.74, 6) is 0.437. The molecule has 0 aliphatic carbocycles. The van der Waals surface area contributed by atoms with E-state index in [0.717, 1.165) is 12.1 Å². The van der Waals surface area contributed by atoms with Crippen molar-refractivity contribution in [3.63, 3.8) is 0 Å². The second kappa shape index (κ2) is 9.99. The van der Waals surface area contributed by atoms with Crippen LogP contribution in [0, 0.1) is 5.92 Å². The van der Waals surface area contributed by atoms with Crippen molar-refractivity contribution in [2.45, 2.75) is 45.0 Å². The van der Waals surface area contributed by atoms with Gasteiger partial charge in [-0.05, 0) is 43.0 Å². The van der Waals surface area contributed by atoms with Crippen molar-refractivity contribution in [1.82, 2.24) is 15.5 Å². The number of rotatable bonds is 8. The first-order valence-corrected chi connectivity index (χ1v) is 9.88. The van der Waals surface area contributed by atoms with E-state index in [4.69, 9.17) is 18.6 Å². The van der Waals surface area contributed by atoms with E-state index in [0.29, 0.717) is 31.3 Å². The highest BCUT2D eigenvalue weighted by Crippen LogP contribution is 2.30. The molecule has 0 bridgehead atoms.